The van der Waals surface area contributed by atoms with Crippen LogP contribution < -0.4 is 10.6 Å². The molecular weight excluding hydrogens is 508 g/mol. The van der Waals surface area contributed by atoms with Crippen molar-refractivity contribution in [1.82, 2.24) is 10.6 Å². The number of amides is 2. The topological polar surface area (TPSA) is 114 Å². The lowest BCUT2D eigenvalue weighted by Crippen LogP contribution is -2.47. The van der Waals surface area contributed by atoms with Gasteiger partial charge in [0.1, 0.15) is 6.10 Å². The van der Waals surface area contributed by atoms with Crippen LogP contribution in [0.4, 0.5) is 0 Å². The van der Waals surface area contributed by atoms with E-state index in [0.717, 1.165) is 24.0 Å². The average Bonchev–Trinajstić information content (AvgIpc) is 2.96. The first-order valence-electron chi connectivity index (χ1n) is 14.0. The number of hydrogen-bond acceptors (Lipinski definition) is 6. The first-order valence-corrected chi connectivity index (χ1v) is 14.0. The van der Waals surface area contributed by atoms with E-state index in [4.69, 9.17) is 9.47 Å². The van der Waals surface area contributed by atoms with Crippen LogP contribution in [0.15, 0.2) is 72.8 Å². The lowest BCUT2D eigenvalue weighted by molar-refractivity contribution is -0.158. The number of aliphatic hydroxyl groups excluding tert-OH is 1. The number of carbonyl (C=O) groups is 3. The van der Waals surface area contributed by atoms with Crippen molar-refractivity contribution in [3.05, 3.63) is 83.9 Å². The summed E-state index contributed by atoms with van der Waals surface area (Å²) < 4.78 is 11.7. The molecule has 1 heterocycles. The highest BCUT2D eigenvalue weighted by atomic mass is 16.5. The monoisotopic (exact) mass is 550 g/mol. The van der Waals surface area contributed by atoms with E-state index in [1.54, 1.807) is 6.92 Å². The van der Waals surface area contributed by atoms with E-state index >= 15 is 0 Å². The van der Waals surface area contributed by atoms with Gasteiger partial charge in [-0.1, -0.05) is 72.8 Å². The van der Waals surface area contributed by atoms with Gasteiger partial charge in [-0.05, 0) is 50.2 Å². The molecule has 216 valence electrons. The van der Waals surface area contributed by atoms with E-state index in [0.29, 0.717) is 19.3 Å². The minimum Gasteiger partial charge on any atom is -0.455 e. The lowest BCUT2D eigenvalue weighted by atomic mass is 9.92. The minimum atomic E-state index is -0.779. The Bertz CT molecular complexity index is 1090. The predicted octanol–water partition coefficient (Wildman–Crippen LogP) is 3.89. The van der Waals surface area contributed by atoms with Crippen LogP contribution >= 0.6 is 0 Å². The summed E-state index contributed by atoms with van der Waals surface area (Å²) in [5.74, 6) is -1.93. The smallest absolute Gasteiger partial charge is 0.309 e. The number of ether oxygens (including phenoxy) is 2. The summed E-state index contributed by atoms with van der Waals surface area (Å²) in [6.07, 6.45) is 6.26. The first-order chi connectivity index (χ1) is 19.4. The number of benzene rings is 2. The minimum absolute atomic E-state index is 0.0326. The van der Waals surface area contributed by atoms with Crippen LogP contribution in [-0.2, 0) is 30.3 Å². The van der Waals surface area contributed by atoms with Crippen molar-refractivity contribution in [3.63, 3.8) is 0 Å². The Hall–Kier alpha value is -3.49. The Labute approximate surface area is 237 Å². The summed E-state index contributed by atoms with van der Waals surface area (Å²) in [7, 11) is 1.53. The molecule has 0 aliphatic carbocycles. The number of nitrogens with one attached hydrogen (secondary N) is 2. The quantitative estimate of drug-likeness (QED) is 0.322. The maximum absolute atomic E-state index is 13.7. The molecule has 3 rings (SSSR count). The van der Waals surface area contributed by atoms with E-state index < -0.39 is 24.1 Å². The van der Waals surface area contributed by atoms with Gasteiger partial charge in [0.2, 0.25) is 11.8 Å². The zero-order valence-corrected chi connectivity index (χ0v) is 23.5. The van der Waals surface area contributed by atoms with Crippen molar-refractivity contribution in [2.45, 2.75) is 63.6 Å². The molecule has 8 nitrogen and oxygen atoms in total. The van der Waals surface area contributed by atoms with Crippen LogP contribution in [-0.4, -0.2) is 55.3 Å². The zero-order valence-electron chi connectivity index (χ0n) is 23.5. The third kappa shape index (κ3) is 9.92. The van der Waals surface area contributed by atoms with Gasteiger partial charge in [-0.25, -0.2) is 0 Å². The predicted molar refractivity (Wildman–Crippen MR) is 153 cm³/mol. The molecule has 2 aromatic rings. The van der Waals surface area contributed by atoms with Crippen LogP contribution in [0.25, 0.3) is 0 Å². The molecule has 0 bridgehead atoms. The standard InChI is InChI=1S/C32H42N2O6/c1-23(21-35)33-29(36)20-26-17-9-3-4-10-18-27(19-24-13-7-5-8-14-24)32(38)40-30(25-15-11-6-12-16-25)28(22-39-2)34-31(26)37/h3,5-9,11-16,23,26-28,30,35H,4,10,17-22H2,1-2H3,(H,33,36)(H,34,37)/t23-,26-,27-,28+,30+/m1/s1. The maximum atomic E-state index is 13.7. The lowest BCUT2D eigenvalue weighted by Gasteiger charge is -2.31. The third-order valence-electron chi connectivity index (χ3n) is 7.06. The number of cyclic esters (lactones) is 1. The molecule has 1 aliphatic heterocycles. The molecule has 2 amide bonds. The second-order valence-electron chi connectivity index (χ2n) is 10.4. The number of carbonyl (C=O) groups excluding carboxylic acids is 3. The van der Waals surface area contributed by atoms with Crippen molar-refractivity contribution >= 4 is 17.8 Å². The summed E-state index contributed by atoms with van der Waals surface area (Å²) >= 11 is 0. The molecule has 0 fully saturated rings. The van der Waals surface area contributed by atoms with E-state index in [9.17, 15) is 19.5 Å². The van der Waals surface area contributed by atoms with Gasteiger partial charge in [0.25, 0.3) is 0 Å². The van der Waals surface area contributed by atoms with E-state index in [2.05, 4.69) is 10.6 Å². The number of allylic oxidation sites excluding steroid dienone is 2. The Morgan fingerprint density at radius 2 is 1.77 bits per heavy atom. The van der Waals surface area contributed by atoms with Gasteiger partial charge in [-0.15, -0.1) is 0 Å². The average molecular weight is 551 g/mol. The molecule has 0 spiro atoms. The summed E-state index contributed by atoms with van der Waals surface area (Å²) in [6, 6.07) is 18.2. The maximum Gasteiger partial charge on any atom is 0.309 e. The Morgan fingerprint density at radius 3 is 2.45 bits per heavy atom. The van der Waals surface area contributed by atoms with Crippen molar-refractivity contribution in [3.8, 4) is 0 Å². The van der Waals surface area contributed by atoms with Crippen molar-refractivity contribution in [2.75, 3.05) is 20.3 Å². The Balaban J connectivity index is 1.91. The molecule has 0 saturated carbocycles. The number of esters is 1. The molecule has 0 radical (unpaired) electrons. The molecular formula is C32H42N2O6. The van der Waals surface area contributed by atoms with Gasteiger partial charge in [0.05, 0.1) is 31.1 Å². The highest BCUT2D eigenvalue weighted by Gasteiger charge is 2.33. The molecule has 40 heavy (non-hydrogen) atoms. The molecule has 5 atom stereocenters. The number of rotatable bonds is 9. The number of hydrogen-bond donors (Lipinski definition) is 3. The van der Waals surface area contributed by atoms with Crippen molar-refractivity contribution in [1.29, 1.82) is 0 Å². The van der Waals surface area contributed by atoms with Crippen LogP contribution in [0.5, 0.6) is 0 Å². The highest BCUT2D eigenvalue weighted by Crippen LogP contribution is 2.27. The SMILES string of the molecule is COC[C@@H]1NC(=O)[C@@H](CC(=O)N[C@H](C)CO)CC=CCCC[C@H](Cc2ccccc2)C(=O)O[C@H]1c1ccccc1. The second-order valence-corrected chi connectivity index (χ2v) is 10.4. The normalized spacial score (nSPS) is 23.4. The van der Waals surface area contributed by atoms with Gasteiger partial charge in [-0.2, -0.15) is 0 Å². The second kappa shape index (κ2) is 16.6. The van der Waals surface area contributed by atoms with Gasteiger partial charge in [0.15, 0.2) is 0 Å². The Morgan fingerprint density at radius 1 is 1.07 bits per heavy atom. The van der Waals surface area contributed by atoms with Crippen molar-refractivity contribution < 1.29 is 29.0 Å². The van der Waals surface area contributed by atoms with Crippen LogP contribution in [0, 0.1) is 11.8 Å². The van der Waals surface area contributed by atoms with E-state index in [-0.39, 0.29) is 43.3 Å². The van der Waals surface area contributed by atoms with Crippen molar-refractivity contribution in [2.24, 2.45) is 11.8 Å². The molecule has 1 aliphatic rings. The summed E-state index contributed by atoms with van der Waals surface area (Å²) in [4.78, 5) is 39.8. The molecule has 0 unspecified atom stereocenters. The van der Waals surface area contributed by atoms with E-state index in [1.807, 2.05) is 72.8 Å². The molecule has 0 aromatic heterocycles. The fraction of sp³-hybridized carbons (Fsp3) is 0.469. The third-order valence-corrected chi connectivity index (χ3v) is 7.06. The largest absolute Gasteiger partial charge is 0.455 e. The number of methoxy groups -OCH3 is 1. The van der Waals surface area contributed by atoms with Crippen LogP contribution in [0.1, 0.15) is 56.3 Å². The summed E-state index contributed by atoms with van der Waals surface area (Å²) in [5.41, 5.74) is 1.81. The van der Waals surface area contributed by atoms with Crippen LogP contribution in [0.3, 0.4) is 0 Å². The zero-order chi connectivity index (χ0) is 28.7. The number of aliphatic hydroxyl groups is 1. The molecule has 3 N–H and O–H groups in total. The molecule has 2 aromatic carbocycles. The van der Waals surface area contributed by atoms with Crippen LogP contribution in [0.2, 0.25) is 0 Å². The fourth-order valence-electron chi connectivity index (χ4n) is 4.88. The fourth-order valence-corrected chi connectivity index (χ4v) is 4.88. The van der Waals surface area contributed by atoms with Gasteiger partial charge in [0, 0.05) is 19.6 Å². The molecule has 8 heteroatoms. The summed E-state index contributed by atoms with van der Waals surface area (Å²) in [5, 5.41) is 15.0. The van der Waals surface area contributed by atoms with Gasteiger partial charge < -0.3 is 25.2 Å². The Kier molecular flexibility index (Phi) is 12.9. The highest BCUT2D eigenvalue weighted by molar-refractivity contribution is 5.86. The van der Waals surface area contributed by atoms with E-state index in [1.165, 1.54) is 7.11 Å². The first kappa shape index (κ1) is 31.0. The molecule has 0 saturated heterocycles. The van der Waals surface area contributed by atoms with Gasteiger partial charge >= 0.3 is 5.97 Å². The van der Waals surface area contributed by atoms with Gasteiger partial charge in [-0.3, -0.25) is 14.4 Å². The summed E-state index contributed by atoms with van der Waals surface area (Å²) in [6.45, 7) is 1.62.